The van der Waals surface area contributed by atoms with Crippen LogP contribution in [0.5, 0.6) is 0 Å². The molecule has 0 aliphatic rings. The van der Waals surface area contributed by atoms with Crippen molar-refractivity contribution in [1.29, 1.82) is 0 Å². The van der Waals surface area contributed by atoms with Gasteiger partial charge < -0.3 is 15.4 Å². The Morgan fingerprint density at radius 1 is 1.29 bits per heavy atom. The van der Waals surface area contributed by atoms with Crippen LogP contribution < -0.4 is 10.6 Å². The second kappa shape index (κ2) is 5.40. The molecular weight excluding hydrogens is 176 g/mol. The van der Waals surface area contributed by atoms with E-state index in [9.17, 15) is 4.79 Å². The van der Waals surface area contributed by atoms with Gasteiger partial charge in [0, 0.05) is 12.7 Å². The standard InChI is InChI=1S/C11H16N2O/c1-12-10-5-3-9(4-6-10)7-11(8-14)13-2/h3-6,8,11-13H,7H2,1-2H3. The predicted molar refractivity (Wildman–Crippen MR) is 58.6 cm³/mol. The molecule has 0 saturated heterocycles. The lowest BCUT2D eigenvalue weighted by Gasteiger charge is -2.09. The number of hydrogen-bond donors (Lipinski definition) is 2. The van der Waals surface area contributed by atoms with E-state index in [0.717, 1.165) is 24.0 Å². The fourth-order valence-corrected chi connectivity index (χ4v) is 1.28. The van der Waals surface area contributed by atoms with Gasteiger partial charge in [-0.1, -0.05) is 12.1 Å². The molecule has 0 aliphatic carbocycles. The van der Waals surface area contributed by atoms with Gasteiger partial charge in [0.15, 0.2) is 0 Å². The van der Waals surface area contributed by atoms with Gasteiger partial charge in [-0.15, -0.1) is 0 Å². The Bertz CT molecular complexity index is 282. The van der Waals surface area contributed by atoms with Gasteiger partial charge in [-0.3, -0.25) is 0 Å². The molecule has 0 aromatic heterocycles. The van der Waals surface area contributed by atoms with E-state index >= 15 is 0 Å². The van der Waals surface area contributed by atoms with E-state index in [2.05, 4.69) is 10.6 Å². The average Bonchev–Trinajstić information content (AvgIpc) is 2.26. The van der Waals surface area contributed by atoms with E-state index in [-0.39, 0.29) is 6.04 Å². The van der Waals surface area contributed by atoms with E-state index in [1.807, 2.05) is 31.3 Å². The lowest BCUT2D eigenvalue weighted by Crippen LogP contribution is -2.28. The van der Waals surface area contributed by atoms with Gasteiger partial charge in [0.1, 0.15) is 6.29 Å². The Balaban J connectivity index is 2.63. The molecule has 1 aromatic rings. The van der Waals surface area contributed by atoms with Gasteiger partial charge in [-0.2, -0.15) is 0 Å². The second-order valence-corrected chi connectivity index (χ2v) is 3.18. The molecule has 0 heterocycles. The smallest absolute Gasteiger partial charge is 0.137 e. The summed E-state index contributed by atoms with van der Waals surface area (Å²) >= 11 is 0. The molecule has 0 saturated carbocycles. The van der Waals surface area contributed by atoms with Crippen molar-refractivity contribution in [2.24, 2.45) is 0 Å². The Hall–Kier alpha value is -1.35. The fourth-order valence-electron chi connectivity index (χ4n) is 1.28. The molecule has 0 fully saturated rings. The fraction of sp³-hybridized carbons (Fsp3) is 0.364. The van der Waals surface area contributed by atoms with Gasteiger partial charge in [0.25, 0.3) is 0 Å². The van der Waals surface area contributed by atoms with E-state index < -0.39 is 0 Å². The first-order valence-corrected chi connectivity index (χ1v) is 4.69. The Labute approximate surface area is 84.5 Å². The lowest BCUT2D eigenvalue weighted by molar-refractivity contribution is -0.109. The first kappa shape index (κ1) is 10.7. The minimum atomic E-state index is -0.0876. The first-order chi connectivity index (χ1) is 6.80. The van der Waals surface area contributed by atoms with Crippen molar-refractivity contribution >= 4 is 12.0 Å². The summed E-state index contributed by atoms with van der Waals surface area (Å²) in [7, 11) is 3.68. The predicted octanol–water partition coefficient (Wildman–Crippen LogP) is 1.06. The van der Waals surface area contributed by atoms with Gasteiger partial charge >= 0.3 is 0 Å². The highest BCUT2D eigenvalue weighted by molar-refractivity contribution is 5.58. The van der Waals surface area contributed by atoms with Crippen LogP contribution in [0, 0.1) is 0 Å². The normalized spacial score (nSPS) is 12.1. The van der Waals surface area contributed by atoms with Crippen LogP contribution in [0.3, 0.4) is 0 Å². The molecule has 0 bridgehead atoms. The third kappa shape index (κ3) is 2.85. The van der Waals surface area contributed by atoms with Crippen molar-refractivity contribution in [3.8, 4) is 0 Å². The maximum Gasteiger partial charge on any atom is 0.137 e. The monoisotopic (exact) mass is 192 g/mol. The van der Waals surface area contributed by atoms with Crippen molar-refractivity contribution in [2.45, 2.75) is 12.5 Å². The van der Waals surface area contributed by atoms with Crippen molar-refractivity contribution in [3.05, 3.63) is 29.8 Å². The maximum absolute atomic E-state index is 10.6. The van der Waals surface area contributed by atoms with Gasteiger partial charge in [-0.25, -0.2) is 0 Å². The third-order valence-electron chi connectivity index (χ3n) is 2.23. The molecule has 3 nitrogen and oxygen atoms in total. The van der Waals surface area contributed by atoms with Crippen molar-refractivity contribution in [3.63, 3.8) is 0 Å². The number of nitrogens with one attached hydrogen (secondary N) is 2. The van der Waals surface area contributed by atoms with Crippen LogP contribution in [-0.2, 0) is 11.2 Å². The van der Waals surface area contributed by atoms with Crippen molar-refractivity contribution in [2.75, 3.05) is 19.4 Å². The highest BCUT2D eigenvalue weighted by atomic mass is 16.1. The van der Waals surface area contributed by atoms with Crippen molar-refractivity contribution < 1.29 is 4.79 Å². The molecule has 1 aromatic carbocycles. The number of hydrogen-bond acceptors (Lipinski definition) is 3. The Morgan fingerprint density at radius 2 is 1.93 bits per heavy atom. The minimum absolute atomic E-state index is 0.0876. The van der Waals surface area contributed by atoms with Crippen LogP contribution in [0.4, 0.5) is 5.69 Å². The summed E-state index contributed by atoms with van der Waals surface area (Å²) in [5.74, 6) is 0. The molecule has 1 atom stereocenters. The molecule has 1 rings (SSSR count). The highest BCUT2D eigenvalue weighted by Gasteiger charge is 2.04. The Morgan fingerprint density at radius 3 is 2.36 bits per heavy atom. The van der Waals surface area contributed by atoms with Crippen LogP contribution in [0.2, 0.25) is 0 Å². The Kier molecular flexibility index (Phi) is 4.13. The molecule has 1 unspecified atom stereocenters. The van der Waals surface area contributed by atoms with Gasteiger partial charge in [0.05, 0.1) is 6.04 Å². The van der Waals surface area contributed by atoms with Crippen LogP contribution in [-0.4, -0.2) is 26.4 Å². The molecule has 0 spiro atoms. The van der Waals surface area contributed by atoms with E-state index in [4.69, 9.17) is 0 Å². The quantitative estimate of drug-likeness (QED) is 0.685. The molecular formula is C11H16N2O. The van der Waals surface area contributed by atoms with Crippen molar-refractivity contribution in [1.82, 2.24) is 5.32 Å². The number of carbonyl (C=O) groups is 1. The zero-order valence-electron chi connectivity index (χ0n) is 8.58. The topological polar surface area (TPSA) is 41.1 Å². The summed E-state index contributed by atoms with van der Waals surface area (Å²) < 4.78 is 0. The van der Waals surface area contributed by atoms with Crippen LogP contribution >= 0.6 is 0 Å². The molecule has 2 N–H and O–H groups in total. The summed E-state index contributed by atoms with van der Waals surface area (Å²) in [4.78, 5) is 10.6. The van der Waals surface area contributed by atoms with E-state index in [0.29, 0.717) is 0 Å². The largest absolute Gasteiger partial charge is 0.388 e. The molecule has 0 amide bonds. The molecule has 0 aliphatic heterocycles. The van der Waals surface area contributed by atoms with E-state index in [1.165, 1.54) is 0 Å². The third-order valence-corrected chi connectivity index (χ3v) is 2.23. The van der Waals surface area contributed by atoms with Crippen LogP contribution in [0.25, 0.3) is 0 Å². The zero-order chi connectivity index (χ0) is 10.4. The lowest BCUT2D eigenvalue weighted by atomic mass is 10.1. The van der Waals surface area contributed by atoms with E-state index in [1.54, 1.807) is 7.05 Å². The number of likely N-dealkylation sites (N-methyl/N-ethyl adjacent to an activating group) is 1. The number of benzene rings is 1. The second-order valence-electron chi connectivity index (χ2n) is 3.18. The molecule has 14 heavy (non-hydrogen) atoms. The number of aldehydes is 1. The summed E-state index contributed by atoms with van der Waals surface area (Å²) in [5.41, 5.74) is 2.25. The molecule has 3 heteroatoms. The number of anilines is 1. The highest BCUT2D eigenvalue weighted by Crippen LogP contribution is 2.09. The molecule has 76 valence electrons. The SMILES string of the molecule is CNc1ccc(CC(C=O)NC)cc1. The number of carbonyl (C=O) groups excluding carboxylic acids is 1. The maximum atomic E-state index is 10.6. The summed E-state index contributed by atoms with van der Waals surface area (Å²) in [5, 5.41) is 6.00. The van der Waals surface area contributed by atoms with Gasteiger partial charge in [0.2, 0.25) is 0 Å². The minimum Gasteiger partial charge on any atom is -0.388 e. The molecule has 0 radical (unpaired) electrons. The summed E-state index contributed by atoms with van der Waals surface area (Å²) in [6.07, 6.45) is 1.68. The average molecular weight is 192 g/mol. The van der Waals surface area contributed by atoms with Crippen LogP contribution in [0.1, 0.15) is 5.56 Å². The summed E-state index contributed by atoms with van der Waals surface area (Å²) in [6.45, 7) is 0. The number of rotatable bonds is 5. The van der Waals surface area contributed by atoms with Crippen LogP contribution in [0.15, 0.2) is 24.3 Å². The summed E-state index contributed by atoms with van der Waals surface area (Å²) in [6, 6.07) is 7.98. The first-order valence-electron chi connectivity index (χ1n) is 4.69. The van der Waals surface area contributed by atoms with Gasteiger partial charge in [-0.05, 0) is 31.2 Å². The zero-order valence-corrected chi connectivity index (χ0v) is 8.58.